The van der Waals surface area contributed by atoms with Crippen LogP contribution in [0.5, 0.6) is 0 Å². The van der Waals surface area contributed by atoms with Crippen molar-refractivity contribution in [1.82, 2.24) is 5.32 Å². The Hall–Kier alpha value is -0.790. The Morgan fingerprint density at radius 3 is 2.45 bits per heavy atom. The number of fused-ring (bicyclic) bond motifs is 1. The fourth-order valence-corrected chi connectivity index (χ4v) is 2.03. The van der Waals surface area contributed by atoms with Gasteiger partial charge in [-0.15, -0.1) is 0 Å². The van der Waals surface area contributed by atoms with Crippen molar-refractivity contribution in [1.29, 1.82) is 0 Å². The summed E-state index contributed by atoms with van der Waals surface area (Å²) in [4.78, 5) is 11.1. The first-order valence-electron chi connectivity index (χ1n) is 4.19. The molecule has 0 aromatic carbocycles. The summed E-state index contributed by atoms with van der Waals surface area (Å²) in [5.41, 5.74) is 0. The van der Waals surface area contributed by atoms with Crippen molar-refractivity contribution >= 4 is 5.91 Å². The third-order valence-corrected chi connectivity index (χ3v) is 2.85. The minimum atomic E-state index is 0.235. The van der Waals surface area contributed by atoms with Gasteiger partial charge in [0.2, 0.25) is 5.91 Å². The van der Waals surface area contributed by atoms with E-state index in [4.69, 9.17) is 0 Å². The van der Waals surface area contributed by atoms with Crippen molar-refractivity contribution in [3.63, 3.8) is 0 Å². The van der Waals surface area contributed by atoms with Crippen LogP contribution in [0.2, 0.25) is 0 Å². The first kappa shape index (κ1) is 6.89. The minimum Gasteiger partial charge on any atom is -0.352 e. The highest BCUT2D eigenvalue weighted by atomic mass is 16.2. The van der Waals surface area contributed by atoms with Gasteiger partial charge in [0, 0.05) is 6.04 Å². The number of hydrogen-bond donors (Lipinski definition) is 1. The van der Waals surface area contributed by atoms with Gasteiger partial charge in [-0.1, -0.05) is 26.0 Å². The fraction of sp³-hybridized carbons (Fsp3) is 0.667. The van der Waals surface area contributed by atoms with E-state index in [1.54, 1.807) is 0 Å². The molecular formula is C9H13NO. The number of carbonyl (C=O) groups excluding carboxylic acids is 1. The summed E-state index contributed by atoms with van der Waals surface area (Å²) < 4.78 is 0. The lowest BCUT2D eigenvalue weighted by Gasteiger charge is -2.44. The Labute approximate surface area is 66.7 Å². The maximum Gasteiger partial charge on any atom is 0.226 e. The van der Waals surface area contributed by atoms with Crippen molar-refractivity contribution in [3.05, 3.63) is 12.2 Å². The zero-order chi connectivity index (χ0) is 8.01. The third kappa shape index (κ3) is 0.817. The smallest absolute Gasteiger partial charge is 0.226 e. The third-order valence-electron chi connectivity index (χ3n) is 2.85. The van der Waals surface area contributed by atoms with Crippen molar-refractivity contribution in [2.24, 2.45) is 17.8 Å². The van der Waals surface area contributed by atoms with Crippen molar-refractivity contribution < 1.29 is 4.79 Å². The number of allylic oxidation sites excluding steroid dienone is 1. The summed E-state index contributed by atoms with van der Waals surface area (Å²) in [7, 11) is 0. The van der Waals surface area contributed by atoms with Gasteiger partial charge in [-0.3, -0.25) is 4.79 Å². The molecule has 1 heterocycles. The number of nitrogens with one attached hydrogen (secondary N) is 1. The average molecular weight is 151 g/mol. The normalized spacial score (nSPS) is 47.6. The van der Waals surface area contributed by atoms with Crippen LogP contribution in [0.15, 0.2) is 12.2 Å². The molecule has 2 rings (SSSR count). The number of amides is 1. The average Bonchev–Trinajstić information content (AvgIpc) is 1.93. The molecule has 11 heavy (non-hydrogen) atoms. The Morgan fingerprint density at radius 1 is 1.27 bits per heavy atom. The monoisotopic (exact) mass is 151 g/mol. The highest BCUT2D eigenvalue weighted by molar-refractivity contribution is 5.86. The summed E-state index contributed by atoms with van der Waals surface area (Å²) in [6.07, 6.45) is 4.36. The molecule has 4 atom stereocenters. The van der Waals surface area contributed by atoms with Crippen molar-refractivity contribution in [3.8, 4) is 0 Å². The molecule has 0 bridgehead atoms. The van der Waals surface area contributed by atoms with E-state index >= 15 is 0 Å². The van der Waals surface area contributed by atoms with Gasteiger partial charge in [0.05, 0.1) is 5.92 Å². The van der Waals surface area contributed by atoms with E-state index in [1.807, 2.05) is 0 Å². The van der Waals surface area contributed by atoms with Crippen LogP contribution in [0.1, 0.15) is 13.8 Å². The molecule has 1 amide bonds. The Morgan fingerprint density at radius 2 is 1.91 bits per heavy atom. The molecular weight excluding hydrogens is 138 g/mol. The number of rotatable bonds is 0. The molecule has 1 N–H and O–H groups in total. The zero-order valence-corrected chi connectivity index (χ0v) is 6.87. The van der Waals surface area contributed by atoms with Crippen LogP contribution in [0.3, 0.4) is 0 Å². The molecule has 60 valence electrons. The summed E-state index contributed by atoms with van der Waals surface area (Å²) in [6, 6.07) is 0.419. The summed E-state index contributed by atoms with van der Waals surface area (Å²) in [5, 5.41) is 2.93. The molecule has 0 unspecified atom stereocenters. The number of β-lactam (4-membered cyclic amide) rings is 1. The van der Waals surface area contributed by atoms with Crippen LogP contribution in [0, 0.1) is 17.8 Å². The first-order valence-corrected chi connectivity index (χ1v) is 4.19. The van der Waals surface area contributed by atoms with Crippen LogP contribution in [0.4, 0.5) is 0 Å². The number of carbonyl (C=O) groups is 1. The van der Waals surface area contributed by atoms with Gasteiger partial charge in [-0.25, -0.2) is 0 Å². The molecule has 1 aliphatic carbocycles. The molecule has 0 spiro atoms. The summed E-state index contributed by atoms with van der Waals surface area (Å²) >= 11 is 0. The van der Waals surface area contributed by atoms with Crippen LogP contribution in [0.25, 0.3) is 0 Å². The SMILES string of the molecule is C[C@@H]1C=C[C@H](C)[C@@H]2C(=O)N[C@H]21. The maximum absolute atomic E-state index is 11.1. The van der Waals surface area contributed by atoms with E-state index in [0.717, 1.165) is 0 Å². The lowest BCUT2D eigenvalue weighted by Crippen LogP contribution is -2.63. The largest absolute Gasteiger partial charge is 0.352 e. The molecule has 0 aromatic rings. The van der Waals surface area contributed by atoms with Gasteiger partial charge in [-0.05, 0) is 11.8 Å². The topological polar surface area (TPSA) is 29.1 Å². The molecule has 0 saturated carbocycles. The van der Waals surface area contributed by atoms with Crippen LogP contribution in [-0.4, -0.2) is 11.9 Å². The fourth-order valence-electron chi connectivity index (χ4n) is 2.03. The zero-order valence-electron chi connectivity index (χ0n) is 6.87. The second-order valence-corrected chi connectivity index (χ2v) is 3.66. The molecule has 2 heteroatoms. The predicted molar refractivity (Wildman–Crippen MR) is 42.9 cm³/mol. The Balaban J connectivity index is 2.22. The van der Waals surface area contributed by atoms with Crippen LogP contribution in [-0.2, 0) is 4.79 Å². The second-order valence-electron chi connectivity index (χ2n) is 3.66. The van der Waals surface area contributed by atoms with Crippen LogP contribution >= 0.6 is 0 Å². The van der Waals surface area contributed by atoms with Gasteiger partial charge in [0.25, 0.3) is 0 Å². The molecule has 2 nitrogen and oxygen atoms in total. The van der Waals surface area contributed by atoms with E-state index in [0.29, 0.717) is 17.9 Å². The van der Waals surface area contributed by atoms with E-state index in [1.165, 1.54) is 0 Å². The molecule has 0 aromatic heterocycles. The minimum absolute atomic E-state index is 0.235. The van der Waals surface area contributed by atoms with Crippen molar-refractivity contribution in [2.45, 2.75) is 19.9 Å². The highest BCUT2D eigenvalue weighted by Crippen LogP contribution is 2.34. The Kier molecular flexibility index (Phi) is 1.31. The first-order chi connectivity index (χ1) is 5.20. The van der Waals surface area contributed by atoms with Gasteiger partial charge < -0.3 is 5.32 Å². The molecule has 1 aliphatic heterocycles. The maximum atomic E-state index is 11.1. The van der Waals surface area contributed by atoms with Gasteiger partial charge >= 0.3 is 0 Å². The summed E-state index contributed by atoms with van der Waals surface area (Å²) in [6.45, 7) is 4.26. The molecule has 0 radical (unpaired) electrons. The molecule has 1 fully saturated rings. The van der Waals surface area contributed by atoms with E-state index in [9.17, 15) is 4.79 Å². The lowest BCUT2D eigenvalue weighted by atomic mass is 9.71. The standard InChI is InChI=1S/C9H13NO/c1-5-3-4-6(2)8-7(5)9(11)10-8/h3-8H,1-2H3,(H,10,11)/t5-,6+,7-,8-/m0/s1. The Bertz CT molecular complexity index is 222. The van der Waals surface area contributed by atoms with Gasteiger partial charge in [0.15, 0.2) is 0 Å². The van der Waals surface area contributed by atoms with E-state index in [-0.39, 0.29) is 11.8 Å². The van der Waals surface area contributed by atoms with Crippen LogP contribution < -0.4 is 5.32 Å². The van der Waals surface area contributed by atoms with Crippen molar-refractivity contribution in [2.75, 3.05) is 0 Å². The summed E-state index contributed by atoms with van der Waals surface area (Å²) in [5.74, 6) is 1.45. The number of hydrogen-bond acceptors (Lipinski definition) is 1. The van der Waals surface area contributed by atoms with E-state index < -0.39 is 0 Å². The van der Waals surface area contributed by atoms with E-state index in [2.05, 4.69) is 31.3 Å². The predicted octanol–water partition coefficient (Wildman–Crippen LogP) is 0.943. The lowest BCUT2D eigenvalue weighted by molar-refractivity contribution is -0.138. The second kappa shape index (κ2) is 2.10. The molecule has 1 saturated heterocycles. The molecule has 2 aliphatic rings. The highest BCUT2D eigenvalue weighted by Gasteiger charge is 2.45. The van der Waals surface area contributed by atoms with Gasteiger partial charge in [0.1, 0.15) is 0 Å². The van der Waals surface area contributed by atoms with Gasteiger partial charge in [-0.2, -0.15) is 0 Å². The quantitative estimate of drug-likeness (QED) is 0.405.